The summed E-state index contributed by atoms with van der Waals surface area (Å²) in [6.07, 6.45) is 1.51. The van der Waals surface area contributed by atoms with E-state index >= 15 is 0 Å². The number of primary amides is 1. The van der Waals surface area contributed by atoms with Gasteiger partial charge in [0.05, 0.1) is 23.5 Å². The first-order valence-electron chi connectivity index (χ1n) is 6.00. The number of hydrogen-bond acceptors (Lipinski definition) is 5. The third-order valence-electron chi connectivity index (χ3n) is 2.93. The highest BCUT2D eigenvalue weighted by atomic mass is 79.9. The summed E-state index contributed by atoms with van der Waals surface area (Å²) in [4.78, 5) is 15.3. The van der Waals surface area contributed by atoms with E-state index in [1.54, 1.807) is 12.1 Å². The van der Waals surface area contributed by atoms with Gasteiger partial charge < -0.3 is 20.9 Å². The molecule has 1 heterocycles. The second-order valence-corrected chi connectivity index (χ2v) is 5.08. The predicted molar refractivity (Wildman–Crippen MR) is 82.7 cm³/mol. The van der Waals surface area contributed by atoms with Gasteiger partial charge >= 0.3 is 0 Å². The highest BCUT2D eigenvalue weighted by molar-refractivity contribution is 9.10. The molecule has 7 heteroatoms. The summed E-state index contributed by atoms with van der Waals surface area (Å²) in [5.41, 5.74) is 12.7. The SMILES string of the molecule is COc1cc(C(N)=O)ccc1Oc1ncc(N)c(C)c1Br. The van der Waals surface area contributed by atoms with Crippen LogP contribution in [0.2, 0.25) is 0 Å². The van der Waals surface area contributed by atoms with Crippen LogP contribution in [0.15, 0.2) is 28.9 Å². The van der Waals surface area contributed by atoms with E-state index in [9.17, 15) is 4.79 Å². The maximum Gasteiger partial charge on any atom is 0.248 e. The molecule has 0 saturated carbocycles. The Morgan fingerprint density at radius 2 is 2.05 bits per heavy atom. The smallest absolute Gasteiger partial charge is 0.248 e. The second kappa shape index (κ2) is 6.01. The van der Waals surface area contributed by atoms with Gasteiger partial charge in [-0.3, -0.25) is 4.79 Å². The highest BCUT2D eigenvalue weighted by Gasteiger charge is 2.14. The average molecular weight is 352 g/mol. The third-order valence-corrected chi connectivity index (χ3v) is 3.86. The molecular formula is C14H14BrN3O3. The first-order chi connectivity index (χ1) is 9.93. The number of pyridine rings is 1. The van der Waals surface area contributed by atoms with Crippen LogP contribution in [0.25, 0.3) is 0 Å². The number of benzene rings is 1. The topological polar surface area (TPSA) is 100 Å². The Kier molecular flexibility index (Phi) is 4.32. The number of hydrogen-bond donors (Lipinski definition) is 2. The van der Waals surface area contributed by atoms with Crippen molar-refractivity contribution in [1.82, 2.24) is 4.98 Å². The molecule has 1 aromatic heterocycles. The predicted octanol–water partition coefficient (Wildman–Crippen LogP) is 2.63. The molecule has 0 aliphatic rings. The summed E-state index contributed by atoms with van der Waals surface area (Å²) in [6, 6.07) is 4.66. The highest BCUT2D eigenvalue weighted by Crippen LogP contribution is 2.36. The maximum absolute atomic E-state index is 11.2. The lowest BCUT2D eigenvalue weighted by molar-refractivity contribution is 0.1000. The van der Waals surface area contributed by atoms with Gasteiger partial charge in [0.25, 0.3) is 0 Å². The van der Waals surface area contributed by atoms with Crippen molar-refractivity contribution in [2.75, 3.05) is 12.8 Å². The van der Waals surface area contributed by atoms with Crippen LogP contribution in [0, 0.1) is 6.92 Å². The number of ether oxygens (including phenoxy) is 2. The fourth-order valence-electron chi connectivity index (χ4n) is 1.65. The molecule has 0 unspecified atom stereocenters. The Balaban J connectivity index is 2.40. The molecule has 0 saturated heterocycles. The van der Waals surface area contributed by atoms with Crippen molar-refractivity contribution in [2.45, 2.75) is 6.92 Å². The number of nitrogens with two attached hydrogens (primary N) is 2. The van der Waals surface area contributed by atoms with E-state index in [0.29, 0.717) is 33.1 Å². The van der Waals surface area contributed by atoms with Gasteiger partial charge in [-0.2, -0.15) is 0 Å². The van der Waals surface area contributed by atoms with E-state index in [1.807, 2.05) is 6.92 Å². The molecule has 0 spiro atoms. The van der Waals surface area contributed by atoms with Gasteiger partial charge in [-0.1, -0.05) is 0 Å². The largest absolute Gasteiger partial charge is 0.493 e. The van der Waals surface area contributed by atoms with Crippen LogP contribution in [0.3, 0.4) is 0 Å². The van der Waals surface area contributed by atoms with E-state index in [-0.39, 0.29) is 0 Å². The summed E-state index contributed by atoms with van der Waals surface area (Å²) in [6.45, 7) is 1.85. The molecule has 0 aliphatic heterocycles. The van der Waals surface area contributed by atoms with Crippen molar-refractivity contribution in [1.29, 1.82) is 0 Å². The lowest BCUT2D eigenvalue weighted by Crippen LogP contribution is -2.11. The second-order valence-electron chi connectivity index (χ2n) is 4.29. The number of methoxy groups -OCH3 is 1. The number of aromatic nitrogens is 1. The van der Waals surface area contributed by atoms with Gasteiger partial charge in [0.15, 0.2) is 11.5 Å². The maximum atomic E-state index is 11.2. The van der Waals surface area contributed by atoms with Gasteiger partial charge in [-0.25, -0.2) is 4.98 Å². The summed E-state index contributed by atoms with van der Waals surface area (Å²) < 4.78 is 11.6. The number of rotatable bonds is 4. The molecule has 21 heavy (non-hydrogen) atoms. The quantitative estimate of drug-likeness (QED) is 0.881. The lowest BCUT2D eigenvalue weighted by atomic mass is 10.2. The van der Waals surface area contributed by atoms with E-state index in [0.717, 1.165) is 5.56 Å². The van der Waals surface area contributed by atoms with Crippen LogP contribution in [0.1, 0.15) is 15.9 Å². The van der Waals surface area contributed by atoms with Gasteiger partial charge in [-0.15, -0.1) is 0 Å². The Morgan fingerprint density at radius 3 is 2.67 bits per heavy atom. The van der Waals surface area contributed by atoms with Crippen LogP contribution < -0.4 is 20.9 Å². The number of anilines is 1. The van der Waals surface area contributed by atoms with E-state index < -0.39 is 5.91 Å². The van der Waals surface area contributed by atoms with E-state index in [1.165, 1.54) is 19.4 Å². The van der Waals surface area contributed by atoms with Crippen molar-refractivity contribution in [3.05, 3.63) is 40.0 Å². The Labute approximate surface area is 130 Å². The first kappa shape index (κ1) is 15.1. The molecule has 0 bridgehead atoms. The normalized spacial score (nSPS) is 10.2. The van der Waals surface area contributed by atoms with Gasteiger partial charge in [0.1, 0.15) is 0 Å². The van der Waals surface area contributed by atoms with Crippen LogP contribution >= 0.6 is 15.9 Å². The van der Waals surface area contributed by atoms with Crippen LogP contribution in [0.5, 0.6) is 17.4 Å². The number of nitrogens with zero attached hydrogens (tertiary/aromatic N) is 1. The molecule has 0 atom stereocenters. The molecule has 110 valence electrons. The number of carbonyl (C=O) groups excluding carboxylic acids is 1. The van der Waals surface area contributed by atoms with Crippen molar-refractivity contribution in [3.8, 4) is 17.4 Å². The minimum absolute atomic E-state index is 0.333. The minimum atomic E-state index is -0.539. The molecule has 1 aromatic carbocycles. The summed E-state index contributed by atoms with van der Waals surface area (Å²) >= 11 is 3.39. The fourth-order valence-corrected chi connectivity index (χ4v) is 2.06. The Hall–Kier alpha value is -2.28. The molecule has 0 radical (unpaired) electrons. The minimum Gasteiger partial charge on any atom is -0.493 e. The Bertz CT molecular complexity index is 704. The standard InChI is InChI=1S/C14H14BrN3O3/c1-7-9(16)6-18-14(12(7)15)21-10-4-3-8(13(17)19)5-11(10)20-2/h3-6H,16H2,1-2H3,(H2,17,19). The van der Waals surface area contributed by atoms with Gasteiger partial charge in [0.2, 0.25) is 11.8 Å². The first-order valence-corrected chi connectivity index (χ1v) is 6.79. The van der Waals surface area contributed by atoms with Crippen molar-refractivity contribution in [3.63, 3.8) is 0 Å². The van der Waals surface area contributed by atoms with E-state index in [4.69, 9.17) is 20.9 Å². The fraction of sp³-hybridized carbons (Fsp3) is 0.143. The molecule has 2 rings (SSSR count). The van der Waals surface area contributed by atoms with Crippen LogP contribution in [0.4, 0.5) is 5.69 Å². The monoisotopic (exact) mass is 351 g/mol. The third kappa shape index (κ3) is 3.08. The molecule has 4 N–H and O–H groups in total. The summed E-state index contributed by atoms with van der Waals surface area (Å²) in [5, 5.41) is 0. The number of amides is 1. The summed E-state index contributed by atoms with van der Waals surface area (Å²) in [5.74, 6) is 0.614. The Morgan fingerprint density at radius 1 is 1.33 bits per heavy atom. The van der Waals surface area contributed by atoms with Gasteiger partial charge in [-0.05, 0) is 46.6 Å². The average Bonchev–Trinajstić information content (AvgIpc) is 2.48. The molecular weight excluding hydrogens is 338 g/mol. The molecule has 1 amide bonds. The number of halogens is 1. The molecule has 6 nitrogen and oxygen atoms in total. The lowest BCUT2D eigenvalue weighted by Gasteiger charge is -2.13. The molecule has 0 fully saturated rings. The van der Waals surface area contributed by atoms with Crippen molar-refractivity contribution >= 4 is 27.5 Å². The number of carbonyl (C=O) groups is 1. The zero-order valence-electron chi connectivity index (χ0n) is 11.5. The van der Waals surface area contributed by atoms with Crippen LogP contribution in [-0.2, 0) is 0 Å². The zero-order chi connectivity index (χ0) is 15.6. The summed E-state index contributed by atoms with van der Waals surface area (Å²) in [7, 11) is 1.48. The van der Waals surface area contributed by atoms with Crippen molar-refractivity contribution < 1.29 is 14.3 Å². The van der Waals surface area contributed by atoms with Crippen molar-refractivity contribution in [2.24, 2.45) is 5.73 Å². The zero-order valence-corrected chi connectivity index (χ0v) is 13.1. The van der Waals surface area contributed by atoms with E-state index in [2.05, 4.69) is 20.9 Å². The molecule has 0 aliphatic carbocycles. The molecule has 2 aromatic rings. The van der Waals surface area contributed by atoms with Gasteiger partial charge in [0, 0.05) is 5.56 Å². The number of nitrogen functional groups attached to an aromatic ring is 1. The van der Waals surface area contributed by atoms with Crippen LogP contribution in [-0.4, -0.2) is 18.0 Å².